The van der Waals surface area contributed by atoms with Gasteiger partial charge in [0.2, 0.25) is 0 Å². The van der Waals surface area contributed by atoms with Crippen molar-refractivity contribution in [2.75, 3.05) is 13.1 Å². The van der Waals surface area contributed by atoms with Crippen molar-refractivity contribution in [3.8, 4) is 11.1 Å². The first-order chi connectivity index (χ1) is 14.7. The Kier molecular flexibility index (Phi) is 6.17. The Labute approximate surface area is 192 Å². The fourth-order valence-electron chi connectivity index (χ4n) is 5.13. The molecule has 0 spiro atoms. The van der Waals surface area contributed by atoms with E-state index < -0.39 is 0 Å². The van der Waals surface area contributed by atoms with Crippen LogP contribution in [0.4, 0.5) is 0 Å². The van der Waals surface area contributed by atoms with E-state index >= 15 is 0 Å². The number of nitrogens with one attached hydrogen (secondary N) is 1. The number of piperidine rings is 3. The van der Waals surface area contributed by atoms with Crippen LogP contribution in [0.1, 0.15) is 23.3 Å². The van der Waals surface area contributed by atoms with Crippen LogP contribution in [0.5, 0.6) is 0 Å². The Balaban J connectivity index is 1.31. The standard InChI is InChI=1S/C25H26Cl2N2S/c26-20-7-8-22(23(27)15-20)18-5-3-17(4-6-18)14-24-25(19-9-11-29(24)12-10-19)28-16-21-2-1-13-30-21/h1-8,13,15,19,24-25,28H,9-12,14,16H2. The van der Waals surface area contributed by atoms with E-state index in [2.05, 4.69) is 52.0 Å². The summed E-state index contributed by atoms with van der Waals surface area (Å²) < 4.78 is 0. The van der Waals surface area contributed by atoms with Crippen LogP contribution < -0.4 is 5.32 Å². The maximum absolute atomic E-state index is 6.40. The summed E-state index contributed by atoms with van der Waals surface area (Å²) in [5.74, 6) is 0.798. The number of hydrogen-bond acceptors (Lipinski definition) is 3. The summed E-state index contributed by atoms with van der Waals surface area (Å²) in [6, 6.07) is 20.1. The van der Waals surface area contributed by atoms with Gasteiger partial charge < -0.3 is 5.32 Å². The summed E-state index contributed by atoms with van der Waals surface area (Å²) in [7, 11) is 0. The average Bonchev–Trinajstić information content (AvgIpc) is 3.28. The lowest BCUT2D eigenvalue weighted by atomic mass is 9.76. The molecule has 156 valence electrons. The van der Waals surface area contributed by atoms with Crippen molar-refractivity contribution in [2.45, 2.75) is 37.9 Å². The van der Waals surface area contributed by atoms with E-state index in [1.807, 2.05) is 29.5 Å². The first-order valence-electron chi connectivity index (χ1n) is 10.7. The Morgan fingerprint density at radius 1 is 1.00 bits per heavy atom. The van der Waals surface area contributed by atoms with Crippen molar-refractivity contribution in [2.24, 2.45) is 5.92 Å². The van der Waals surface area contributed by atoms with E-state index in [1.54, 1.807) is 0 Å². The van der Waals surface area contributed by atoms with Gasteiger partial charge in [-0.1, -0.05) is 59.6 Å². The van der Waals surface area contributed by atoms with Gasteiger partial charge in [0.05, 0.1) is 0 Å². The van der Waals surface area contributed by atoms with Crippen molar-refractivity contribution in [3.63, 3.8) is 0 Å². The van der Waals surface area contributed by atoms with Gasteiger partial charge in [0.1, 0.15) is 0 Å². The van der Waals surface area contributed by atoms with Crippen molar-refractivity contribution in [1.82, 2.24) is 10.2 Å². The summed E-state index contributed by atoms with van der Waals surface area (Å²) in [6.07, 6.45) is 3.74. The largest absolute Gasteiger partial charge is 0.307 e. The summed E-state index contributed by atoms with van der Waals surface area (Å²) in [6.45, 7) is 3.47. The van der Waals surface area contributed by atoms with E-state index in [4.69, 9.17) is 23.2 Å². The smallest absolute Gasteiger partial charge is 0.0499 e. The van der Waals surface area contributed by atoms with Crippen molar-refractivity contribution >= 4 is 34.5 Å². The second kappa shape index (κ2) is 9.02. The van der Waals surface area contributed by atoms with Crippen molar-refractivity contribution < 1.29 is 0 Å². The van der Waals surface area contributed by atoms with Crippen molar-refractivity contribution in [3.05, 3.63) is 80.5 Å². The van der Waals surface area contributed by atoms with Crippen LogP contribution in [0.3, 0.4) is 0 Å². The molecule has 0 saturated carbocycles. The fraction of sp³-hybridized carbons (Fsp3) is 0.360. The van der Waals surface area contributed by atoms with Crippen LogP contribution in [-0.4, -0.2) is 30.1 Å². The summed E-state index contributed by atoms with van der Waals surface area (Å²) in [5.41, 5.74) is 3.56. The normalized spacial score (nSPS) is 25.5. The summed E-state index contributed by atoms with van der Waals surface area (Å²) in [4.78, 5) is 4.13. The predicted octanol–water partition coefficient (Wildman–Crippen LogP) is 6.52. The number of hydrogen-bond donors (Lipinski definition) is 1. The molecule has 3 aliphatic rings. The van der Waals surface area contributed by atoms with Crippen LogP contribution in [0.15, 0.2) is 60.0 Å². The maximum atomic E-state index is 6.40. The third-order valence-electron chi connectivity index (χ3n) is 6.70. The highest BCUT2D eigenvalue weighted by Gasteiger charge is 2.41. The number of halogens is 2. The topological polar surface area (TPSA) is 15.3 Å². The minimum absolute atomic E-state index is 0.569. The SMILES string of the molecule is Clc1ccc(-c2ccc(CC3C(NCc4cccs4)C4CCN3CC4)cc2)c(Cl)c1. The zero-order valence-electron chi connectivity index (χ0n) is 16.9. The van der Waals surface area contributed by atoms with Crippen LogP contribution in [-0.2, 0) is 13.0 Å². The lowest BCUT2D eigenvalue weighted by Crippen LogP contribution is -2.63. The van der Waals surface area contributed by atoms with Crippen LogP contribution in [0.2, 0.25) is 10.0 Å². The predicted molar refractivity (Wildman–Crippen MR) is 129 cm³/mol. The first-order valence-corrected chi connectivity index (χ1v) is 12.3. The van der Waals surface area contributed by atoms with E-state index in [0.29, 0.717) is 22.1 Å². The van der Waals surface area contributed by atoms with Gasteiger partial charge in [-0.15, -0.1) is 11.3 Å². The molecule has 6 rings (SSSR count). The first kappa shape index (κ1) is 20.5. The number of nitrogens with zero attached hydrogens (tertiary/aromatic N) is 1. The second-order valence-electron chi connectivity index (χ2n) is 8.45. The van der Waals surface area contributed by atoms with Gasteiger partial charge in [0.25, 0.3) is 0 Å². The second-order valence-corrected chi connectivity index (χ2v) is 10.3. The summed E-state index contributed by atoms with van der Waals surface area (Å²) >= 11 is 14.3. The Hall–Kier alpha value is -1.36. The summed E-state index contributed by atoms with van der Waals surface area (Å²) in [5, 5.41) is 7.45. The molecule has 0 radical (unpaired) electrons. The van der Waals surface area contributed by atoms with E-state index in [-0.39, 0.29) is 0 Å². The lowest BCUT2D eigenvalue weighted by Gasteiger charge is -2.51. The maximum Gasteiger partial charge on any atom is 0.0499 e. The molecular weight excluding hydrogens is 431 g/mol. The molecule has 2 unspecified atom stereocenters. The van der Waals surface area contributed by atoms with Crippen LogP contribution in [0, 0.1) is 5.92 Å². The third-order valence-corrected chi connectivity index (χ3v) is 8.12. The average molecular weight is 457 g/mol. The van der Waals surface area contributed by atoms with Crippen LogP contribution >= 0.6 is 34.5 Å². The lowest BCUT2D eigenvalue weighted by molar-refractivity contribution is 0.0128. The Bertz CT molecular complexity index is 979. The van der Waals surface area contributed by atoms with Gasteiger partial charge in [-0.2, -0.15) is 0 Å². The van der Waals surface area contributed by atoms with Gasteiger partial charge in [0, 0.05) is 39.1 Å². The highest BCUT2D eigenvalue weighted by molar-refractivity contribution is 7.09. The van der Waals surface area contributed by atoms with Gasteiger partial charge in [-0.3, -0.25) is 4.90 Å². The van der Waals surface area contributed by atoms with Crippen LogP contribution in [0.25, 0.3) is 11.1 Å². The fourth-order valence-corrected chi connectivity index (χ4v) is 6.30. The highest BCUT2D eigenvalue weighted by Crippen LogP contribution is 2.35. The molecule has 2 atom stereocenters. The molecule has 3 fully saturated rings. The van der Waals surface area contributed by atoms with E-state index in [1.165, 1.54) is 36.4 Å². The molecule has 5 heteroatoms. The molecule has 3 aromatic rings. The van der Waals surface area contributed by atoms with Gasteiger partial charge >= 0.3 is 0 Å². The molecule has 1 N–H and O–H groups in total. The third kappa shape index (κ3) is 4.32. The van der Waals surface area contributed by atoms with Gasteiger partial charge in [-0.25, -0.2) is 0 Å². The molecule has 0 amide bonds. The zero-order chi connectivity index (χ0) is 20.5. The molecule has 3 saturated heterocycles. The molecule has 0 aliphatic carbocycles. The quantitative estimate of drug-likeness (QED) is 0.454. The molecule has 30 heavy (non-hydrogen) atoms. The number of thiophene rings is 1. The number of rotatable bonds is 6. The number of fused-ring (bicyclic) bond motifs is 3. The van der Waals surface area contributed by atoms with Gasteiger partial charge in [0.15, 0.2) is 0 Å². The molecule has 3 aliphatic heterocycles. The van der Waals surface area contributed by atoms with Crippen molar-refractivity contribution in [1.29, 1.82) is 0 Å². The molecule has 1 aromatic heterocycles. The van der Waals surface area contributed by atoms with E-state index in [0.717, 1.165) is 30.0 Å². The molecule has 4 heterocycles. The molecular formula is C25H26Cl2N2S. The molecule has 2 bridgehead atoms. The molecule has 2 nitrogen and oxygen atoms in total. The highest BCUT2D eigenvalue weighted by atomic mass is 35.5. The molecule has 2 aromatic carbocycles. The number of benzene rings is 2. The Morgan fingerprint density at radius 3 is 2.50 bits per heavy atom. The minimum Gasteiger partial charge on any atom is -0.307 e. The zero-order valence-corrected chi connectivity index (χ0v) is 19.2. The Morgan fingerprint density at radius 2 is 1.80 bits per heavy atom. The minimum atomic E-state index is 0.569. The monoisotopic (exact) mass is 456 g/mol. The van der Waals surface area contributed by atoms with Gasteiger partial charge in [-0.05, 0) is 73.0 Å². The van der Waals surface area contributed by atoms with E-state index in [9.17, 15) is 0 Å².